The van der Waals surface area contributed by atoms with Gasteiger partial charge in [0, 0.05) is 0 Å². The first kappa shape index (κ1) is 19.7. The predicted octanol–water partition coefficient (Wildman–Crippen LogP) is 0.323. The Labute approximate surface area is 145 Å². The average Bonchev–Trinajstić information content (AvgIpc) is 2.52. The minimum Gasteiger partial charge on any atom is -0.448 e. The molecule has 136 valence electrons. The molecule has 0 unspecified atom stereocenters. The molecule has 0 atom stereocenters. The van der Waals surface area contributed by atoms with Crippen molar-refractivity contribution in [2.24, 2.45) is 33.1 Å². The summed E-state index contributed by atoms with van der Waals surface area (Å²) in [7, 11) is 0. The van der Waals surface area contributed by atoms with Crippen LogP contribution < -0.4 is 28.1 Å². The van der Waals surface area contributed by atoms with Gasteiger partial charge in [0.25, 0.3) is 5.91 Å². The summed E-state index contributed by atoms with van der Waals surface area (Å²) in [5, 5.41) is 0. The summed E-state index contributed by atoms with van der Waals surface area (Å²) in [5.74, 6) is -0.657. The second-order valence-electron chi connectivity index (χ2n) is 5.42. The fraction of sp³-hybridized carbons (Fsp3) is 0.333. The summed E-state index contributed by atoms with van der Waals surface area (Å²) in [6.45, 7) is 4.28. The predicted molar refractivity (Wildman–Crippen MR) is 94.9 cm³/mol. The van der Waals surface area contributed by atoms with Gasteiger partial charge in [-0.15, -0.1) is 0 Å². The van der Waals surface area contributed by atoms with Crippen LogP contribution in [0.25, 0.3) is 0 Å². The van der Waals surface area contributed by atoms with Crippen molar-refractivity contribution < 1.29 is 14.3 Å². The summed E-state index contributed by atoms with van der Waals surface area (Å²) >= 11 is 0. The number of carbonyl (C=O) groups excluding carboxylic acids is 2. The number of amides is 2. The van der Waals surface area contributed by atoms with E-state index in [1.165, 1.54) is 6.07 Å². The van der Waals surface area contributed by atoms with Gasteiger partial charge >= 0.3 is 6.09 Å². The first-order chi connectivity index (χ1) is 11.8. The lowest BCUT2D eigenvalue weighted by molar-refractivity contribution is 0.0907. The van der Waals surface area contributed by atoms with Crippen LogP contribution in [0.4, 0.5) is 10.5 Å². The van der Waals surface area contributed by atoms with E-state index in [2.05, 4.69) is 20.8 Å². The van der Waals surface area contributed by atoms with Crippen molar-refractivity contribution >= 4 is 29.6 Å². The zero-order valence-corrected chi connectivity index (χ0v) is 14.2. The van der Waals surface area contributed by atoms with Gasteiger partial charge in [-0.3, -0.25) is 10.2 Å². The van der Waals surface area contributed by atoms with Crippen molar-refractivity contribution in [3.63, 3.8) is 0 Å². The molecule has 0 aliphatic rings. The number of para-hydroxylation sites is 1. The molecule has 0 saturated carbocycles. The number of nitrogens with two attached hydrogens (primary N) is 3. The maximum Gasteiger partial charge on any atom is 0.426 e. The zero-order chi connectivity index (χ0) is 18.8. The summed E-state index contributed by atoms with van der Waals surface area (Å²) in [6.07, 6.45) is -0.0294. The molecule has 0 bridgehead atoms. The van der Waals surface area contributed by atoms with Crippen LogP contribution in [-0.2, 0) is 4.74 Å². The van der Waals surface area contributed by atoms with Crippen molar-refractivity contribution in [2.75, 3.05) is 6.61 Å². The Morgan fingerprint density at radius 1 is 1.16 bits per heavy atom. The Morgan fingerprint density at radius 2 is 1.84 bits per heavy atom. The van der Waals surface area contributed by atoms with Crippen LogP contribution in [0.5, 0.6) is 0 Å². The molecule has 8 N–H and O–H groups in total. The SMILES string of the molecule is CC(C)CCOC(=O)NNC(=O)c1ccccc1N=C(N)N=C(N)N. The van der Waals surface area contributed by atoms with Crippen molar-refractivity contribution in [3.8, 4) is 0 Å². The third-order valence-electron chi connectivity index (χ3n) is 2.83. The van der Waals surface area contributed by atoms with E-state index in [0.717, 1.165) is 6.42 Å². The van der Waals surface area contributed by atoms with Crippen LogP contribution in [-0.4, -0.2) is 30.5 Å². The van der Waals surface area contributed by atoms with Crippen molar-refractivity contribution in [1.29, 1.82) is 0 Å². The molecule has 10 nitrogen and oxygen atoms in total. The number of hydrazine groups is 1. The number of nitrogens with zero attached hydrogens (tertiary/aromatic N) is 2. The van der Waals surface area contributed by atoms with Crippen molar-refractivity contribution in [1.82, 2.24) is 10.9 Å². The molecule has 25 heavy (non-hydrogen) atoms. The normalized spacial score (nSPS) is 10.9. The van der Waals surface area contributed by atoms with Gasteiger partial charge in [-0.1, -0.05) is 26.0 Å². The van der Waals surface area contributed by atoms with Gasteiger partial charge in [0.05, 0.1) is 17.9 Å². The van der Waals surface area contributed by atoms with Crippen molar-refractivity contribution in [3.05, 3.63) is 29.8 Å². The zero-order valence-electron chi connectivity index (χ0n) is 14.2. The molecule has 0 saturated heterocycles. The maximum absolute atomic E-state index is 12.2. The number of ether oxygens (including phenoxy) is 1. The summed E-state index contributed by atoms with van der Waals surface area (Å²) in [5.41, 5.74) is 20.8. The monoisotopic (exact) mass is 349 g/mol. The number of hydrogen-bond acceptors (Lipinski definition) is 4. The van der Waals surface area contributed by atoms with Gasteiger partial charge in [-0.05, 0) is 24.5 Å². The molecule has 0 fully saturated rings. The third-order valence-corrected chi connectivity index (χ3v) is 2.83. The highest BCUT2D eigenvalue weighted by molar-refractivity contribution is 6.01. The van der Waals surface area contributed by atoms with Crippen LogP contribution in [0.1, 0.15) is 30.6 Å². The molecule has 2 amide bonds. The quantitative estimate of drug-likeness (QED) is 0.291. The molecule has 0 aliphatic carbocycles. The molecule has 10 heteroatoms. The lowest BCUT2D eigenvalue weighted by atomic mass is 10.1. The molecule has 1 aromatic rings. The highest BCUT2D eigenvalue weighted by Gasteiger charge is 2.12. The second kappa shape index (κ2) is 9.75. The molecule has 0 aliphatic heterocycles. The summed E-state index contributed by atoms with van der Waals surface area (Å²) in [4.78, 5) is 31.2. The fourth-order valence-corrected chi connectivity index (χ4v) is 1.64. The lowest BCUT2D eigenvalue weighted by Crippen LogP contribution is -2.42. The minimum atomic E-state index is -0.755. The number of nitrogens with one attached hydrogen (secondary N) is 2. The molecule has 0 aromatic heterocycles. The van der Waals surface area contributed by atoms with Crippen LogP contribution in [0.2, 0.25) is 0 Å². The Hall–Kier alpha value is -3.30. The smallest absolute Gasteiger partial charge is 0.426 e. The maximum atomic E-state index is 12.2. The number of guanidine groups is 2. The van der Waals surface area contributed by atoms with Gasteiger partial charge < -0.3 is 21.9 Å². The Morgan fingerprint density at radius 3 is 2.48 bits per heavy atom. The third kappa shape index (κ3) is 7.68. The number of rotatable bonds is 5. The molecule has 0 radical (unpaired) electrons. The van der Waals surface area contributed by atoms with E-state index in [0.29, 0.717) is 5.92 Å². The van der Waals surface area contributed by atoms with E-state index in [1.54, 1.807) is 18.2 Å². The van der Waals surface area contributed by atoms with E-state index < -0.39 is 12.0 Å². The van der Waals surface area contributed by atoms with E-state index in [1.807, 2.05) is 13.8 Å². The Kier molecular flexibility index (Phi) is 7.70. The van der Waals surface area contributed by atoms with Crippen LogP contribution in [0.15, 0.2) is 34.3 Å². The van der Waals surface area contributed by atoms with E-state index in [9.17, 15) is 9.59 Å². The van der Waals surface area contributed by atoms with Gasteiger partial charge in [-0.2, -0.15) is 4.99 Å². The number of hydrogen-bond donors (Lipinski definition) is 5. The summed E-state index contributed by atoms with van der Waals surface area (Å²) in [6, 6.07) is 6.34. The van der Waals surface area contributed by atoms with Crippen LogP contribution >= 0.6 is 0 Å². The van der Waals surface area contributed by atoms with Crippen molar-refractivity contribution in [2.45, 2.75) is 20.3 Å². The van der Waals surface area contributed by atoms with Gasteiger partial charge in [0.2, 0.25) is 5.96 Å². The number of aliphatic imine (C=N–C) groups is 2. The average molecular weight is 349 g/mol. The Bertz CT molecular complexity index is 667. The topological polar surface area (TPSA) is 170 Å². The second-order valence-corrected chi connectivity index (χ2v) is 5.42. The van der Waals surface area contributed by atoms with Gasteiger partial charge in [-0.25, -0.2) is 15.2 Å². The number of benzene rings is 1. The molecule has 1 rings (SSSR count). The van der Waals surface area contributed by atoms with E-state index in [-0.39, 0.29) is 29.8 Å². The molecule has 0 heterocycles. The highest BCUT2D eigenvalue weighted by Crippen LogP contribution is 2.18. The van der Waals surface area contributed by atoms with E-state index >= 15 is 0 Å². The minimum absolute atomic E-state index is 0.165. The summed E-state index contributed by atoms with van der Waals surface area (Å²) < 4.78 is 4.92. The standard InChI is InChI=1S/C15H23N7O3/c1-9(2)7-8-25-15(24)22-21-12(23)10-5-3-4-6-11(10)19-14(18)20-13(16)17/h3-6,9H,7-8H2,1-2H3,(H,21,23)(H,22,24)(H6,16,17,18,19,20). The van der Waals surface area contributed by atoms with E-state index in [4.69, 9.17) is 21.9 Å². The fourth-order valence-electron chi connectivity index (χ4n) is 1.64. The lowest BCUT2D eigenvalue weighted by Gasteiger charge is -2.10. The first-order valence-corrected chi connectivity index (χ1v) is 7.55. The Balaban J connectivity index is 2.70. The highest BCUT2D eigenvalue weighted by atomic mass is 16.6. The molecular formula is C15H23N7O3. The largest absolute Gasteiger partial charge is 0.448 e. The number of carbonyl (C=O) groups is 2. The van der Waals surface area contributed by atoms with Crippen LogP contribution in [0, 0.1) is 5.92 Å². The van der Waals surface area contributed by atoms with Gasteiger partial charge in [0.1, 0.15) is 0 Å². The first-order valence-electron chi connectivity index (χ1n) is 7.55. The van der Waals surface area contributed by atoms with Gasteiger partial charge in [0.15, 0.2) is 5.96 Å². The molecule has 1 aromatic carbocycles. The molecule has 0 spiro atoms. The van der Waals surface area contributed by atoms with Crippen LogP contribution in [0.3, 0.4) is 0 Å². The molecular weight excluding hydrogens is 326 g/mol.